The number of benzene rings is 1. The van der Waals surface area contributed by atoms with Crippen LogP contribution in [0.3, 0.4) is 0 Å². The second-order valence-corrected chi connectivity index (χ2v) is 8.32. The maximum atomic E-state index is 11.5. The van der Waals surface area contributed by atoms with Crippen molar-refractivity contribution >= 4 is 27.1 Å². The van der Waals surface area contributed by atoms with Gasteiger partial charge in [0.2, 0.25) is 0 Å². The van der Waals surface area contributed by atoms with Crippen molar-refractivity contribution in [3.05, 3.63) is 29.3 Å². The minimum Gasteiger partial charge on any atom is -0.374 e. The van der Waals surface area contributed by atoms with Crippen LogP contribution in [0.2, 0.25) is 0 Å². The molecule has 2 heterocycles. The van der Waals surface area contributed by atoms with Crippen molar-refractivity contribution in [3.8, 4) is 0 Å². The molecule has 2 aliphatic rings. The Labute approximate surface area is 119 Å². The molecule has 2 unspecified atom stereocenters. The first-order valence-electron chi connectivity index (χ1n) is 6.65. The van der Waals surface area contributed by atoms with Crippen LogP contribution in [-0.2, 0) is 16.3 Å². The number of alkyl halides is 1. The lowest BCUT2D eigenvalue weighted by Gasteiger charge is -2.18. The summed E-state index contributed by atoms with van der Waals surface area (Å²) in [7, 11) is -0.771. The highest BCUT2D eigenvalue weighted by Gasteiger charge is 2.33. The fraction of sp³-hybridized carbons (Fsp3) is 0.571. The van der Waals surface area contributed by atoms with Crippen LogP contribution in [0.25, 0.3) is 0 Å². The van der Waals surface area contributed by atoms with Gasteiger partial charge in [-0.1, -0.05) is 12.1 Å². The minimum atomic E-state index is -2.86. The third-order valence-electron chi connectivity index (χ3n) is 4.23. The highest BCUT2D eigenvalue weighted by atomic mass is 35.5. The predicted molar refractivity (Wildman–Crippen MR) is 78.8 cm³/mol. The highest BCUT2D eigenvalue weighted by Crippen LogP contribution is 2.38. The number of sulfone groups is 1. The second-order valence-electron chi connectivity index (χ2n) is 5.62. The van der Waals surface area contributed by atoms with Crippen LogP contribution >= 0.6 is 11.6 Å². The standard InChI is InChI=1S/C14H18ClNO2S/c1-16-6-4-10-8-11(2-3-13(10)16)14(15)12-5-7-19(17,18)9-12/h2-3,8,12,14H,4-7,9H2,1H3. The number of nitrogens with zero attached hydrogens (tertiary/aromatic N) is 1. The molecule has 1 fully saturated rings. The van der Waals surface area contributed by atoms with Crippen molar-refractivity contribution in [3.63, 3.8) is 0 Å². The van der Waals surface area contributed by atoms with E-state index in [1.165, 1.54) is 11.3 Å². The lowest BCUT2D eigenvalue weighted by Crippen LogP contribution is -2.12. The lowest BCUT2D eigenvalue weighted by molar-refractivity contribution is 0.568. The van der Waals surface area contributed by atoms with Crippen molar-refractivity contribution < 1.29 is 8.42 Å². The normalized spacial score (nSPS) is 26.4. The average Bonchev–Trinajstić information content (AvgIpc) is 2.92. The Hall–Kier alpha value is -0.740. The molecule has 0 radical (unpaired) electrons. The molecule has 3 nitrogen and oxygen atoms in total. The fourth-order valence-corrected chi connectivity index (χ4v) is 5.38. The molecular formula is C14H18ClNO2S. The largest absolute Gasteiger partial charge is 0.374 e. The van der Waals surface area contributed by atoms with E-state index >= 15 is 0 Å². The van der Waals surface area contributed by atoms with Gasteiger partial charge in [0.1, 0.15) is 0 Å². The van der Waals surface area contributed by atoms with Gasteiger partial charge in [-0.2, -0.15) is 0 Å². The third kappa shape index (κ3) is 2.48. The molecule has 2 aliphatic heterocycles. The summed E-state index contributed by atoms with van der Waals surface area (Å²) < 4.78 is 23.1. The SMILES string of the molecule is CN1CCc2cc(C(Cl)C3CCS(=O)(=O)C3)ccc21. The number of fused-ring (bicyclic) bond motifs is 1. The topological polar surface area (TPSA) is 37.4 Å². The van der Waals surface area contributed by atoms with E-state index in [2.05, 4.69) is 24.1 Å². The Balaban J connectivity index is 1.83. The number of rotatable bonds is 2. The van der Waals surface area contributed by atoms with Gasteiger partial charge in [0.25, 0.3) is 0 Å². The molecule has 1 aromatic rings. The van der Waals surface area contributed by atoms with Gasteiger partial charge < -0.3 is 4.90 Å². The van der Waals surface area contributed by atoms with Crippen molar-refractivity contribution in [2.24, 2.45) is 5.92 Å². The Bertz CT molecular complexity index is 599. The van der Waals surface area contributed by atoms with Gasteiger partial charge in [-0.05, 0) is 36.0 Å². The summed E-state index contributed by atoms with van der Waals surface area (Å²) >= 11 is 6.50. The average molecular weight is 300 g/mol. The maximum Gasteiger partial charge on any atom is 0.150 e. The Kier molecular flexibility index (Phi) is 3.26. The first-order valence-corrected chi connectivity index (χ1v) is 8.90. The van der Waals surface area contributed by atoms with Crippen LogP contribution in [0.1, 0.15) is 22.9 Å². The molecule has 0 aromatic heterocycles. The van der Waals surface area contributed by atoms with Crippen LogP contribution in [0.5, 0.6) is 0 Å². The molecule has 0 saturated carbocycles. The van der Waals surface area contributed by atoms with Gasteiger partial charge in [0, 0.05) is 19.3 Å². The number of anilines is 1. The van der Waals surface area contributed by atoms with Crippen molar-refractivity contribution in [1.29, 1.82) is 0 Å². The van der Waals surface area contributed by atoms with Crippen molar-refractivity contribution in [1.82, 2.24) is 0 Å². The molecule has 104 valence electrons. The van der Waals surface area contributed by atoms with Gasteiger partial charge in [-0.25, -0.2) is 8.42 Å². The first kappa shape index (κ1) is 13.3. The third-order valence-corrected chi connectivity index (χ3v) is 6.63. The van der Waals surface area contributed by atoms with Crippen LogP contribution in [-0.4, -0.2) is 33.5 Å². The molecule has 0 bridgehead atoms. The lowest BCUT2D eigenvalue weighted by atomic mass is 9.96. The van der Waals surface area contributed by atoms with E-state index in [4.69, 9.17) is 11.6 Å². The van der Waals surface area contributed by atoms with Crippen LogP contribution < -0.4 is 4.90 Å². The monoisotopic (exact) mass is 299 g/mol. The number of halogens is 1. The maximum absolute atomic E-state index is 11.5. The molecule has 0 amide bonds. The zero-order chi connectivity index (χ0) is 13.6. The molecule has 2 atom stereocenters. The second kappa shape index (κ2) is 4.67. The number of likely N-dealkylation sites (N-methyl/N-ethyl adjacent to an activating group) is 1. The Morgan fingerprint density at radius 1 is 1.42 bits per heavy atom. The van der Waals surface area contributed by atoms with Crippen molar-refractivity contribution in [2.75, 3.05) is 30.0 Å². The Morgan fingerprint density at radius 3 is 2.89 bits per heavy atom. The summed E-state index contributed by atoms with van der Waals surface area (Å²) in [6.45, 7) is 1.05. The molecule has 0 aliphatic carbocycles. The molecule has 1 saturated heterocycles. The van der Waals surface area contributed by atoms with Gasteiger partial charge in [0.15, 0.2) is 9.84 Å². The van der Waals surface area contributed by atoms with Crippen LogP contribution in [0.15, 0.2) is 18.2 Å². The molecule has 19 heavy (non-hydrogen) atoms. The Morgan fingerprint density at radius 2 is 2.21 bits per heavy atom. The minimum absolute atomic E-state index is 0.0591. The quantitative estimate of drug-likeness (QED) is 0.787. The molecule has 0 spiro atoms. The van der Waals surface area contributed by atoms with Gasteiger partial charge in [0.05, 0.1) is 16.9 Å². The number of hydrogen-bond acceptors (Lipinski definition) is 3. The highest BCUT2D eigenvalue weighted by molar-refractivity contribution is 7.91. The fourth-order valence-electron chi connectivity index (χ4n) is 3.08. The number of hydrogen-bond donors (Lipinski definition) is 0. The summed E-state index contributed by atoms with van der Waals surface area (Å²) in [6, 6.07) is 6.31. The van der Waals surface area contributed by atoms with Crippen molar-refractivity contribution in [2.45, 2.75) is 18.2 Å². The van der Waals surface area contributed by atoms with Gasteiger partial charge in [-0.15, -0.1) is 11.6 Å². The first-order chi connectivity index (χ1) is 8.96. The van der Waals surface area contributed by atoms with E-state index in [9.17, 15) is 8.42 Å². The van der Waals surface area contributed by atoms with E-state index in [0.29, 0.717) is 6.42 Å². The molecular weight excluding hydrogens is 282 g/mol. The summed E-state index contributed by atoms with van der Waals surface area (Å²) in [5.74, 6) is 0.580. The van der Waals surface area contributed by atoms with E-state index in [-0.39, 0.29) is 22.8 Å². The van der Waals surface area contributed by atoms with E-state index in [1.54, 1.807) is 0 Å². The summed E-state index contributed by atoms with van der Waals surface area (Å²) in [5, 5.41) is -0.187. The summed E-state index contributed by atoms with van der Waals surface area (Å²) in [6.07, 6.45) is 1.74. The molecule has 5 heteroatoms. The molecule has 3 rings (SSSR count). The van der Waals surface area contributed by atoms with Crippen LogP contribution in [0.4, 0.5) is 5.69 Å². The van der Waals surface area contributed by atoms with Gasteiger partial charge >= 0.3 is 0 Å². The zero-order valence-corrected chi connectivity index (χ0v) is 12.5. The van der Waals surface area contributed by atoms with Gasteiger partial charge in [-0.3, -0.25) is 0 Å². The van der Waals surface area contributed by atoms with E-state index in [0.717, 1.165) is 18.5 Å². The summed E-state index contributed by atoms with van der Waals surface area (Å²) in [4.78, 5) is 2.24. The summed E-state index contributed by atoms with van der Waals surface area (Å²) in [5.41, 5.74) is 3.66. The smallest absolute Gasteiger partial charge is 0.150 e. The van der Waals surface area contributed by atoms with E-state index < -0.39 is 9.84 Å². The predicted octanol–water partition coefficient (Wildman–Crippen LogP) is 2.39. The van der Waals surface area contributed by atoms with Crippen LogP contribution in [0, 0.1) is 5.92 Å². The van der Waals surface area contributed by atoms with E-state index in [1.807, 2.05) is 6.07 Å². The zero-order valence-electron chi connectivity index (χ0n) is 11.0. The molecule has 0 N–H and O–H groups in total. The molecule has 1 aromatic carbocycles.